The summed E-state index contributed by atoms with van der Waals surface area (Å²) >= 11 is 0. The van der Waals surface area contributed by atoms with E-state index in [1.807, 2.05) is 0 Å². The van der Waals surface area contributed by atoms with Crippen molar-refractivity contribution < 1.29 is 29.7 Å². The van der Waals surface area contributed by atoms with Gasteiger partial charge < -0.3 is 29.7 Å². The normalized spacial score (nSPS) is 11.3. The monoisotopic (exact) mass is 667 g/mol. The van der Waals surface area contributed by atoms with Gasteiger partial charge in [-0.25, -0.2) is 0 Å². The Morgan fingerprint density at radius 3 is 0.927 bits per heavy atom. The summed E-state index contributed by atoms with van der Waals surface area (Å²) in [5.41, 5.74) is 8.61. The predicted molar refractivity (Wildman–Crippen MR) is 174 cm³/mol. The zero-order valence-electron chi connectivity index (χ0n) is 25.9. The van der Waals surface area contributed by atoms with Crippen LogP contribution in [0, 0.1) is 5.41 Å². The van der Waals surface area contributed by atoms with Gasteiger partial charge in [-0.1, -0.05) is 174 Å². The minimum absolute atomic E-state index is 0. The lowest BCUT2D eigenvalue weighted by molar-refractivity contribution is -0.368. The first-order valence-corrected chi connectivity index (χ1v) is 16.7. The number of quaternary nitrogens is 1. The molecule has 0 heterocycles. The summed E-state index contributed by atoms with van der Waals surface area (Å²) < 4.78 is 0. The molecule has 0 atom stereocenters. The van der Waals surface area contributed by atoms with Crippen LogP contribution in [0.25, 0.3) is 0 Å². The molecule has 0 radical (unpaired) electrons. The summed E-state index contributed by atoms with van der Waals surface area (Å²) in [6.07, 6.45) is 25.9. The summed E-state index contributed by atoms with van der Waals surface area (Å²) in [6.45, 7) is 1.11. The van der Waals surface area contributed by atoms with Crippen LogP contribution in [0.2, 0.25) is 0 Å². The molecule has 3 rings (SSSR count). The molecule has 0 aliphatic carbocycles. The Balaban J connectivity index is 0.00000588. The molecule has 0 spiro atoms. The average Bonchev–Trinajstić information content (AvgIpc) is 2.98. The number of unbranched alkanes of at least 4 members (excludes halogenated alkanes) is 14. The fourth-order valence-electron chi connectivity index (χ4n) is 6.51. The van der Waals surface area contributed by atoms with Crippen molar-refractivity contribution in [3.63, 3.8) is 0 Å². The molecule has 0 saturated carbocycles. The minimum Gasteiger partial charge on any atom is -1.00 e. The molecule has 0 aliphatic heterocycles. The van der Waals surface area contributed by atoms with Crippen LogP contribution in [0.15, 0.2) is 91.0 Å². The second-order valence-corrected chi connectivity index (χ2v) is 12.4. The maximum atomic E-state index is 3.94. The van der Waals surface area contributed by atoms with Crippen LogP contribution < -0.4 is 29.7 Å². The third-order valence-corrected chi connectivity index (χ3v) is 8.72. The summed E-state index contributed by atoms with van der Waals surface area (Å²) in [5.74, 6) is 0. The van der Waals surface area contributed by atoms with E-state index < -0.39 is 0 Å². The van der Waals surface area contributed by atoms with Crippen LogP contribution in [0.4, 0.5) is 0 Å². The molecule has 0 aromatic heterocycles. The largest absolute Gasteiger partial charge is 1.00 e. The van der Waals surface area contributed by atoms with Gasteiger partial charge in [0.15, 0.2) is 0 Å². The SMILES string of the molecule is [I-].[NH3+]CCCCCCCCCCCCCCCCCC(Cc1ccccc1)(Cc1ccccc1)Cc1ccccc1. The Hall–Kier alpha value is -1.65. The molecule has 1 nitrogen and oxygen atoms in total. The number of halogens is 1. The van der Waals surface area contributed by atoms with Crippen molar-refractivity contribution >= 4 is 0 Å². The van der Waals surface area contributed by atoms with Gasteiger partial charge in [-0.2, -0.15) is 0 Å². The van der Waals surface area contributed by atoms with Gasteiger partial charge >= 0.3 is 0 Å². The first-order chi connectivity index (χ1) is 19.8. The minimum atomic E-state index is 0. The van der Waals surface area contributed by atoms with E-state index >= 15 is 0 Å². The van der Waals surface area contributed by atoms with Crippen molar-refractivity contribution in [1.29, 1.82) is 0 Å². The lowest BCUT2D eigenvalue weighted by atomic mass is 9.69. The first-order valence-electron chi connectivity index (χ1n) is 16.7. The van der Waals surface area contributed by atoms with E-state index in [9.17, 15) is 0 Å². The van der Waals surface area contributed by atoms with E-state index in [1.165, 1.54) is 119 Å². The second kappa shape index (κ2) is 22.9. The van der Waals surface area contributed by atoms with Crippen LogP contribution in [-0.2, 0) is 19.3 Å². The first kappa shape index (κ1) is 35.5. The highest BCUT2D eigenvalue weighted by Crippen LogP contribution is 2.37. The van der Waals surface area contributed by atoms with E-state index in [0.717, 1.165) is 25.8 Å². The van der Waals surface area contributed by atoms with Gasteiger partial charge in [0.1, 0.15) is 0 Å². The maximum Gasteiger partial charge on any atom is 0.0739 e. The summed E-state index contributed by atoms with van der Waals surface area (Å²) in [6, 6.07) is 33.7. The van der Waals surface area contributed by atoms with Crippen molar-refractivity contribution in [2.75, 3.05) is 6.54 Å². The van der Waals surface area contributed by atoms with Crippen LogP contribution in [0.3, 0.4) is 0 Å². The highest BCUT2D eigenvalue weighted by molar-refractivity contribution is 5.24. The predicted octanol–water partition coefficient (Wildman–Crippen LogP) is 7.19. The Kier molecular flexibility index (Phi) is 19.8. The molecule has 0 unspecified atom stereocenters. The quantitative estimate of drug-likeness (QED) is 0.0820. The van der Waals surface area contributed by atoms with Crippen LogP contribution in [0.5, 0.6) is 0 Å². The number of hydrogen-bond acceptors (Lipinski definition) is 0. The third-order valence-electron chi connectivity index (χ3n) is 8.72. The van der Waals surface area contributed by atoms with Crippen molar-refractivity contribution in [3.05, 3.63) is 108 Å². The highest BCUT2D eigenvalue weighted by atomic mass is 127. The van der Waals surface area contributed by atoms with Gasteiger partial charge in [-0.05, 0) is 60.6 Å². The summed E-state index contributed by atoms with van der Waals surface area (Å²) in [4.78, 5) is 0. The molecule has 226 valence electrons. The molecule has 0 amide bonds. The van der Waals surface area contributed by atoms with Crippen LogP contribution in [-0.4, -0.2) is 6.54 Å². The van der Waals surface area contributed by atoms with Crippen molar-refractivity contribution in [1.82, 2.24) is 0 Å². The molecule has 0 saturated heterocycles. The molecule has 3 aromatic carbocycles. The van der Waals surface area contributed by atoms with Gasteiger partial charge in [0.05, 0.1) is 6.54 Å². The van der Waals surface area contributed by atoms with Crippen molar-refractivity contribution in [2.45, 2.75) is 122 Å². The van der Waals surface area contributed by atoms with Crippen LogP contribution in [0.1, 0.15) is 119 Å². The number of benzene rings is 3. The van der Waals surface area contributed by atoms with Gasteiger partial charge in [0, 0.05) is 0 Å². The number of hydrogen-bond donors (Lipinski definition) is 1. The average molecular weight is 668 g/mol. The zero-order chi connectivity index (χ0) is 28.0. The standard InChI is InChI=1S/C39H57N.HI/c40-32-24-13-11-9-7-5-3-1-2-4-6-8-10-12-23-31-39(33-36-25-17-14-18-26-36,34-37-27-19-15-20-28-37)35-38-29-21-16-22-30-38;/h14-22,25-30H,1-13,23-24,31-35,40H2;1H. The second-order valence-electron chi connectivity index (χ2n) is 12.4. The zero-order valence-corrected chi connectivity index (χ0v) is 28.0. The molecule has 3 N–H and O–H groups in total. The maximum absolute atomic E-state index is 3.94. The molecular weight excluding hydrogens is 609 g/mol. The Labute approximate surface area is 270 Å². The van der Waals surface area contributed by atoms with E-state index in [2.05, 4.69) is 96.7 Å². The lowest BCUT2D eigenvalue weighted by Crippen LogP contribution is -3.00. The topological polar surface area (TPSA) is 27.6 Å². The molecular formula is C39H58IN. The van der Waals surface area contributed by atoms with Crippen molar-refractivity contribution in [2.24, 2.45) is 5.41 Å². The fraction of sp³-hybridized carbons (Fsp3) is 0.538. The molecule has 0 fully saturated rings. The van der Waals surface area contributed by atoms with Gasteiger partial charge in [-0.15, -0.1) is 0 Å². The van der Waals surface area contributed by atoms with E-state index in [0.29, 0.717) is 0 Å². The van der Waals surface area contributed by atoms with Crippen molar-refractivity contribution in [3.8, 4) is 0 Å². The summed E-state index contributed by atoms with van der Waals surface area (Å²) in [5, 5.41) is 0. The molecule has 0 aliphatic rings. The third kappa shape index (κ3) is 16.0. The molecule has 2 heteroatoms. The summed E-state index contributed by atoms with van der Waals surface area (Å²) in [7, 11) is 0. The molecule has 3 aromatic rings. The van der Waals surface area contributed by atoms with Gasteiger partial charge in [-0.3, -0.25) is 0 Å². The Morgan fingerprint density at radius 2 is 0.634 bits per heavy atom. The number of rotatable bonds is 23. The molecule has 41 heavy (non-hydrogen) atoms. The fourth-order valence-corrected chi connectivity index (χ4v) is 6.51. The smallest absolute Gasteiger partial charge is 0.0739 e. The Bertz CT molecular complexity index is 871. The van der Waals surface area contributed by atoms with Gasteiger partial charge in [0.25, 0.3) is 0 Å². The Morgan fingerprint density at radius 1 is 0.366 bits per heavy atom. The van der Waals surface area contributed by atoms with E-state index in [-0.39, 0.29) is 29.4 Å². The van der Waals surface area contributed by atoms with Crippen LogP contribution >= 0.6 is 0 Å². The highest BCUT2D eigenvalue weighted by Gasteiger charge is 2.30. The molecule has 0 bridgehead atoms. The van der Waals surface area contributed by atoms with Gasteiger partial charge in [0.2, 0.25) is 0 Å². The van der Waals surface area contributed by atoms with E-state index in [1.54, 1.807) is 0 Å². The lowest BCUT2D eigenvalue weighted by Gasteiger charge is -2.35. The van der Waals surface area contributed by atoms with E-state index in [4.69, 9.17) is 0 Å².